The van der Waals surface area contributed by atoms with Crippen LogP contribution in [0.4, 0.5) is 5.69 Å². The number of pyridine rings is 1. The second-order valence-electron chi connectivity index (χ2n) is 4.59. The zero-order valence-corrected chi connectivity index (χ0v) is 14.0. The van der Waals surface area contributed by atoms with Crippen molar-refractivity contribution in [3.63, 3.8) is 0 Å². The second-order valence-corrected chi connectivity index (χ2v) is 5.98. The van der Waals surface area contributed by atoms with E-state index >= 15 is 0 Å². The van der Waals surface area contributed by atoms with Crippen LogP contribution in [0.25, 0.3) is 0 Å². The number of nitrogens with one attached hydrogen (secondary N) is 1. The molecule has 0 radical (unpaired) electrons. The molecule has 7 heteroatoms. The van der Waals surface area contributed by atoms with Crippen molar-refractivity contribution >= 4 is 40.9 Å². The minimum absolute atomic E-state index is 0.156. The van der Waals surface area contributed by atoms with Gasteiger partial charge in [0.2, 0.25) is 5.91 Å². The highest BCUT2D eigenvalue weighted by molar-refractivity contribution is 7.99. The third-order valence-corrected chi connectivity index (χ3v) is 4.21. The summed E-state index contributed by atoms with van der Waals surface area (Å²) in [5, 5.41) is 3.01. The molecule has 0 aliphatic rings. The first kappa shape index (κ1) is 17.3. The predicted molar refractivity (Wildman–Crippen MR) is 91.8 cm³/mol. The molecule has 1 heterocycles. The highest BCUT2D eigenvalue weighted by atomic mass is 35.5. The number of benzene rings is 1. The molecule has 0 aliphatic carbocycles. The summed E-state index contributed by atoms with van der Waals surface area (Å²) >= 11 is 7.42. The molecule has 0 fully saturated rings. The van der Waals surface area contributed by atoms with E-state index in [1.54, 1.807) is 24.5 Å². The molecule has 2 rings (SSSR count). The fraction of sp³-hybridized carbons (Fsp3) is 0.188. The molecule has 23 heavy (non-hydrogen) atoms. The number of methoxy groups -OCH3 is 1. The maximum absolute atomic E-state index is 11.9. The van der Waals surface area contributed by atoms with Gasteiger partial charge in [-0.1, -0.05) is 17.7 Å². The number of carbonyl (C=O) groups is 2. The van der Waals surface area contributed by atoms with Crippen LogP contribution >= 0.6 is 23.4 Å². The molecule has 1 amide bonds. The summed E-state index contributed by atoms with van der Waals surface area (Å²) in [6, 6.07) is 8.50. The highest BCUT2D eigenvalue weighted by Gasteiger charge is 2.12. The topological polar surface area (TPSA) is 68.3 Å². The van der Waals surface area contributed by atoms with Crippen LogP contribution in [0.5, 0.6) is 0 Å². The van der Waals surface area contributed by atoms with Gasteiger partial charge in [-0.05, 0) is 29.8 Å². The van der Waals surface area contributed by atoms with Crippen LogP contribution in [0.15, 0.2) is 42.7 Å². The number of nitrogens with zero attached hydrogens (tertiary/aromatic N) is 1. The SMILES string of the molecule is COC(=O)c1cc(NC(=O)CSCc2cccnc2)ccc1Cl. The molecule has 1 aromatic heterocycles. The molecular weight excluding hydrogens is 336 g/mol. The Balaban J connectivity index is 1.89. The number of esters is 1. The predicted octanol–water partition coefficient (Wildman–Crippen LogP) is 3.39. The minimum Gasteiger partial charge on any atom is -0.465 e. The number of anilines is 1. The van der Waals surface area contributed by atoms with Crippen LogP contribution in [0, 0.1) is 0 Å². The number of hydrogen-bond acceptors (Lipinski definition) is 5. The van der Waals surface area contributed by atoms with Gasteiger partial charge in [0.05, 0.1) is 23.4 Å². The van der Waals surface area contributed by atoms with E-state index in [0.717, 1.165) is 5.56 Å². The molecule has 120 valence electrons. The first-order valence-electron chi connectivity index (χ1n) is 6.74. The van der Waals surface area contributed by atoms with Gasteiger partial charge in [0.25, 0.3) is 0 Å². The van der Waals surface area contributed by atoms with Crippen LogP contribution < -0.4 is 5.32 Å². The number of rotatable bonds is 6. The van der Waals surface area contributed by atoms with E-state index in [4.69, 9.17) is 11.6 Å². The van der Waals surface area contributed by atoms with Crippen molar-refractivity contribution < 1.29 is 14.3 Å². The van der Waals surface area contributed by atoms with E-state index in [2.05, 4.69) is 15.0 Å². The van der Waals surface area contributed by atoms with Crippen LogP contribution in [-0.4, -0.2) is 29.7 Å². The highest BCUT2D eigenvalue weighted by Crippen LogP contribution is 2.21. The smallest absolute Gasteiger partial charge is 0.339 e. The molecule has 1 N–H and O–H groups in total. The third-order valence-electron chi connectivity index (χ3n) is 2.88. The molecule has 0 unspecified atom stereocenters. The fourth-order valence-electron chi connectivity index (χ4n) is 1.81. The van der Waals surface area contributed by atoms with Crippen LogP contribution in [-0.2, 0) is 15.3 Å². The summed E-state index contributed by atoms with van der Waals surface area (Å²) in [5.41, 5.74) is 1.78. The van der Waals surface area contributed by atoms with Crippen molar-refractivity contribution in [2.45, 2.75) is 5.75 Å². The average molecular weight is 351 g/mol. The van der Waals surface area contributed by atoms with Gasteiger partial charge in [-0.25, -0.2) is 4.79 Å². The summed E-state index contributed by atoms with van der Waals surface area (Å²) in [6.07, 6.45) is 3.48. The Morgan fingerprint density at radius 3 is 2.87 bits per heavy atom. The van der Waals surface area contributed by atoms with Gasteiger partial charge in [-0.3, -0.25) is 9.78 Å². The largest absolute Gasteiger partial charge is 0.465 e. The molecule has 0 spiro atoms. The van der Waals surface area contributed by atoms with Crippen molar-refractivity contribution in [3.8, 4) is 0 Å². The summed E-state index contributed by atoms with van der Waals surface area (Å²) in [4.78, 5) is 27.5. The molecule has 2 aromatic rings. The lowest BCUT2D eigenvalue weighted by atomic mass is 10.2. The number of halogens is 1. The Bertz CT molecular complexity index is 695. The Kier molecular flexibility index (Phi) is 6.43. The monoisotopic (exact) mass is 350 g/mol. The molecular formula is C16H15ClN2O3S. The van der Waals surface area contributed by atoms with E-state index < -0.39 is 5.97 Å². The average Bonchev–Trinajstić information content (AvgIpc) is 2.57. The van der Waals surface area contributed by atoms with Gasteiger partial charge in [-0.2, -0.15) is 0 Å². The zero-order chi connectivity index (χ0) is 16.7. The molecule has 1 aromatic carbocycles. The molecule has 0 aliphatic heterocycles. The molecule has 0 atom stereocenters. The Morgan fingerprint density at radius 2 is 2.17 bits per heavy atom. The van der Waals surface area contributed by atoms with Crippen molar-refractivity contribution in [1.29, 1.82) is 0 Å². The Morgan fingerprint density at radius 1 is 1.35 bits per heavy atom. The lowest BCUT2D eigenvalue weighted by Gasteiger charge is -2.08. The molecule has 0 saturated carbocycles. The lowest BCUT2D eigenvalue weighted by Crippen LogP contribution is -2.15. The van der Waals surface area contributed by atoms with Crippen molar-refractivity contribution in [2.24, 2.45) is 0 Å². The van der Waals surface area contributed by atoms with Gasteiger partial charge in [0, 0.05) is 23.8 Å². The normalized spacial score (nSPS) is 10.2. The van der Waals surface area contributed by atoms with Gasteiger partial charge in [-0.15, -0.1) is 11.8 Å². The third kappa shape index (κ3) is 5.26. The summed E-state index contributed by atoms with van der Waals surface area (Å²) in [7, 11) is 1.28. The number of carbonyl (C=O) groups excluding carboxylic acids is 2. The van der Waals surface area contributed by atoms with Gasteiger partial charge < -0.3 is 10.1 Å². The van der Waals surface area contributed by atoms with Crippen LogP contribution in [0.3, 0.4) is 0 Å². The molecule has 0 saturated heterocycles. The van der Waals surface area contributed by atoms with E-state index in [1.807, 2.05) is 12.1 Å². The van der Waals surface area contributed by atoms with Crippen molar-refractivity contribution in [1.82, 2.24) is 4.98 Å². The summed E-state index contributed by atoms with van der Waals surface area (Å²) in [5.74, 6) is 0.300. The summed E-state index contributed by atoms with van der Waals surface area (Å²) in [6.45, 7) is 0. The van der Waals surface area contributed by atoms with Gasteiger partial charge >= 0.3 is 5.97 Å². The van der Waals surface area contributed by atoms with E-state index in [0.29, 0.717) is 17.2 Å². The maximum Gasteiger partial charge on any atom is 0.339 e. The number of aromatic nitrogens is 1. The Hall–Kier alpha value is -2.05. The first-order chi connectivity index (χ1) is 11.1. The first-order valence-corrected chi connectivity index (χ1v) is 8.28. The lowest BCUT2D eigenvalue weighted by molar-refractivity contribution is -0.113. The quantitative estimate of drug-likeness (QED) is 0.809. The molecule has 5 nitrogen and oxygen atoms in total. The standard InChI is InChI=1S/C16H15ClN2O3S/c1-22-16(21)13-7-12(4-5-14(13)17)19-15(20)10-23-9-11-3-2-6-18-8-11/h2-8H,9-10H2,1H3,(H,19,20). The van der Waals surface area contributed by atoms with E-state index in [1.165, 1.54) is 24.9 Å². The van der Waals surface area contributed by atoms with E-state index in [-0.39, 0.29) is 16.5 Å². The molecule has 0 bridgehead atoms. The number of ether oxygens (including phenoxy) is 1. The van der Waals surface area contributed by atoms with Gasteiger partial charge in [0.15, 0.2) is 0 Å². The van der Waals surface area contributed by atoms with Crippen LogP contribution in [0.2, 0.25) is 5.02 Å². The Labute approximate surface area is 143 Å². The van der Waals surface area contributed by atoms with E-state index in [9.17, 15) is 9.59 Å². The summed E-state index contributed by atoms with van der Waals surface area (Å²) < 4.78 is 4.64. The number of thioether (sulfide) groups is 1. The van der Waals surface area contributed by atoms with Crippen molar-refractivity contribution in [3.05, 3.63) is 58.9 Å². The van der Waals surface area contributed by atoms with Gasteiger partial charge in [0.1, 0.15) is 0 Å². The second kappa shape index (κ2) is 8.55. The van der Waals surface area contributed by atoms with Crippen LogP contribution in [0.1, 0.15) is 15.9 Å². The fourth-order valence-corrected chi connectivity index (χ4v) is 2.77. The number of hydrogen-bond donors (Lipinski definition) is 1. The minimum atomic E-state index is -0.544. The maximum atomic E-state index is 11.9. The number of amides is 1. The zero-order valence-electron chi connectivity index (χ0n) is 12.4. The van der Waals surface area contributed by atoms with Crippen molar-refractivity contribution in [2.75, 3.05) is 18.2 Å².